The molecule has 0 atom stereocenters. The number of halogens is 2. The van der Waals surface area contributed by atoms with Crippen LogP contribution in [0.25, 0.3) is 0 Å². The number of hydrogen-bond donors (Lipinski definition) is 1. The van der Waals surface area contributed by atoms with Gasteiger partial charge in [-0.2, -0.15) is 13.9 Å². The summed E-state index contributed by atoms with van der Waals surface area (Å²) in [4.78, 5) is 0. The molecule has 3 nitrogen and oxygen atoms in total. The monoisotopic (exact) mass is 227 g/mol. The Kier molecular flexibility index (Phi) is 2.24. The zero-order valence-corrected chi connectivity index (χ0v) is 9.10. The molecule has 0 aromatic carbocycles. The molecule has 1 aromatic heterocycles. The lowest BCUT2D eigenvalue weighted by Crippen LogP contribution is -2.26. The van der Waals surface area contributed by atoms with E-state index in [1.165, 1.54) is 0 Å². The first-order valence-corrected chi connectivity index (χ1v) is 5.86. The Balaban J connectivity index is 2.14. The first kappa shape index (κ1) is 10.2. The highest BCUT2D eigenvalue weighted by molar-refractivity contribution is 5.32. The van der Waals surface area contributed by atoms with E-state index >= 15 is 0 Å². The predicted octanol–water partition coefficient (Wildman–Crippen LogP) is 1.80. The van der Waals surface area contributed by atoms with Gasteiger partial charge in [0.1, 0.15) is 5.69 Å². The molecule has 2 aliphatic rings. The minimum absolute atomic E-state index is 0.0366. The van der Waals surface area contributed by atoms with Gasteiger partial charge in [-0.15, -0.1) is 0 Å². The maximum absolute atomic E-state index is 14.0. The van der Waals surface area contributed by atoms with Gasteiger partial charge in [-0.05, 0) is 12.8 Å². The largest absolute Gasteiger partial charge is 0.312 e. The van der Waals surface area contributed by atoms with Crippen molar-refractivity contribution in [1.82, 2.24) is 15.1 Å². The fourth-order valence-corrected chi connectivity index (χ4v) is 2.65. The molecule has 0 aliphatic carbocycles. The summed E-state index contributed by atoms with van der Waals surface area (Å²) in [6, 6.07) is 0. The van der Waals surface area contributed by atoms with E-state index < -0.39 is 5.92 Å². The van der Waals surface area contributed by atoms with Crippen LogP contribution in [0.2, 0.25) is 0 Å². The number of alkyl halides is 2. The van der Waals surface area contributed by atoms with Crippen LogP contribution in [-0.4, -0.2) is 16.3 Å². The van der Waals surface area contributed by atoms with E-state index in [9.17, 15) is 8.78 Å². The fourth-order valence-electron chi connectivity index (χ4n) is 2.65. The summed E-state index contributed by atoms with van der Waals surface area (Å²) >= 11 is 0. The van der Waals surface area contributed by atoms with Crippen LogP contribution >= 0.6 is 0 Å². The predicted molar refractivity (Wildman–Crippen MR) is 55.4 cm³/mol. The molecular weight excluding hydrogens is 212 g/mol. The van der Waals surface area contributed by atoms with Crippen molar-refractivity contribution < 1.29 is 8.78 Å². The van der Waals surface area contributed by atoms with Crippen molar-refractivity contribution >= 4 is 0 Å². The average Bonchev–Trinajstić information content (AvgIpc) is 2.56. The van der Waals surface area contributed by atoms with Crippen LogP contribution in [0.4, 0.5) is 8.78 Å². The van der Waals surface area contributed by atoms with Crippen molar-refractivity contribution in [3.63, 3.8) is 0 Å². The quantitative estimate of drug-likeness (QED) is 0.732. The Labute approximate surface area is 92.8 Å². The van der Waals surface area contributed by atoms with Crippen LogP contribution in [0.1, 0.15) is 36.2 Å². The van der Waals surface area contributed by atoms with Gasteiger partial charge in [-0.3, -0.25) is 4.68 Å². The summed E-state index contributed by atoms with van der Waals surface area (Å²) < 4.78 is 29.5. The number of fused-ring (bicyclic) bond motifs is 3. The molecule has 0 saturated heterocycles. The summed E-state index contributed by atoms with van der Waals surface area (Å²) in [5.41, 5.74) is 1.79. The lowest BCUT2D eigenvalue weighted by Gasteiger charge is -2.18. The number of hydrogen-bond acceptors (Lipinski definition) is 2. The number of nitrogens with one attached hydrogen (secondary N) is 1. The zero-order valence-electron chi connectivity index (χ0n) is 9.10. The number of aryl methyl sites for hydroxylation is 1. The highest BCUT2D eigenvalue weighted by atomic mass is 19.3. The zero-order chi connectivity index (χ0) is 11.2. The molecule has 1 aromatic rings. The number of nitrogens with zero attached hydrogens (tertiary/aromatic N) is 2. The summed E-state index contributed by atoms with van der Waals surface area (Å²) in [5, 5.41) is 7.49. The van der Waals surface area contributed by atoms with Crippen LogP contribution in [0.5, 0.6) is 0 Å². The third-order valence-electron chi connectivity index (χ3n) is 3.43. The van der Waals surface area contributed by atoms with Gasteiger partial charge in [0.05, 0.1) is 5.69 Å². The second kappa shape index (κ2) is 3.52. The van der Waals surface area contributed by atoms with Gasteiger partial charge in [-0.25, -0.2) is 0 Å². The molecule has 3 rings (SSSR count). The Bertz CT molecular complexity index is 412. The van der Waals surface area contributed by atoms with Gasteiger partial charge in [-0.1, -0.05) is 0 Å². The standard InChI is InChI=1S/C11H15F2N3/c12-11(13)4-1-2-6-16-10(11)8-7-14-5-3-9(8)15-16/h14H,1-7H2. The molecule has 0 spiro atoms. The molecule has 2 aliphatic heterocycles. The van der Waals surface area contributed by atoms with E-state index in [4.69, 9.17) is 0 Å². The Hall–Kier alpha value is -0.970. The molecule has 1 N–H and O–H groups in total. The van der Waals surface area contributed by atoms with Crippen LogP contribution in [0, 0.1) is 0 Å². The third-order valence-corrected chi connectivity index (χ3v) is 3.43. The Morgan fingerprint density at radius 2 is 2.19 bits per heavy atom. The van der Waals surface area contributed by atoms with E-state index in [0.717, 1.165) is 30.6 Å². The van der Waals surface area contributed by atoms with Crippen molar-refractivity contribution in [2.24, 2.45) is 0 Å². The third kappa shape index (κ3) is 1.45. The molecule has 16 heavy (non-hydrogen) atoms. The average molecular weight is 227 g/mol. The summed E-state index contributed by atoms with van der Waals surface area (Å²) in [5.74, 6) is -2.70. The molecule has 0 saturated carbocycles. The van der Waals surface area contributed by atoms with Gasteiger partial charge in [0.25, 0.3) is 5.92 Å². The van der Waals surface area contributed by atoms with Gasteiger partial charge < -0.3 is 5.32 Å². The van der Waals surface area contributed by atoms with Gasteiger partial charge in [0, 0.05) is 38.0 Å². The number of aromatic nitrogens is 2. The van der Waals surface area contributed by atoms with E-state index in [1.807, 2.05) is 0 Å². The van der Waals surface area contributed by atoms with Crippen molar-refractivity contribution in [3.8, 4) is 0 Å². The van der Waals surface area contributed by atoms with Gasteiger partial charge >= 0.3 is 0 Å². The molecule has 3 heterocycles. The normalized spacial score (nSPS) is 23.4. The van der Waals surface area contributed by atoms with E-state index in [0.29, 0.717) is 19.5 Å². The van der Waals surface area contributed by atoms with Crippen molar-refractivity contribution in [2.45, 2.75) is 44.7 Å². The summed E-state index contributed by atoms with van der Waals surface area (Å²) in [6.07, 6.45) is 2.12. The fraction of sp³-hybridized carbons (Fsp3) is 0.727. The Morgan fingerprint density at radius 1 is 1.31 bits per heavy atom. The summed E-state index contributed by atoms with van der Waals surface area (Å²) in [6.45, 7) is 2.02. The smallest absolute Gasteiger partial charge is 0.289 e. The van der Waals surface area contributed by atoms with Crippen molar-refractivity contribution in [2.75, 3.05) is 6.54 Å². The van der Waals surface area contributed by atoms with Crippen LogP contribution in [-0.2, 0) is 25.4 Å². The topological polar surface area (TPSA) is 29.9 Å². The van der Waals surface area contributed by atoms with E-state index in [2.05, 4.69) is 10.4 Å². The highest BCUT2D eigenvalue weighted by Gasteiger charge is 2.40. The second-order valence-electron chi connectivity index (χ2n) is 4.59. The molecule has 0 radical (unpaired) electrons. The lowest BCUT2D eigenvalue weighted by atomic mass is 10.0. The maximum Gasteiger partial charge on any atom is 0.289 e. The second-order valence-corrected chi connectivity index (χ2v) is 4.59. The van der Waals surface area contributed by atoms with E-state index in [-0.39, 0.29) is 12.1 Å². The van der Waals surface area contributed by atoms with E-state index in [1.54, 1.807) is 4.68 Å². The summed E-state index contributed by atoms with van der Waals surface area (Å²) in [7, 11) is 0. The Morgan fingerprint density at radius 3 is 3.06 bits per heavy atom. The molecule has 0 fully saturated rings. The molecule has 5 heteroatoms. The minimum atomic E-state index is -2.70. The van der Waals surface area contributed by atoms with Gasteiger partial charge in [0.2, 0.25) is 0 Å². The minimum Gasteiger partial charge on any atom is -0.312 e. The SMILES string of the molecule is FC1(F)CCCCn2nc3c(c21)CNCC3. The highest BCUT2D eigenvalue weighted by Crippen LogP contribution is 2.39. The molecule has 0 amide bonds. The maximum atomic E-state index is 14.0. The van der Waals surface area contributed by atoms with Crippen molar-refractivity contribution in [3.05, 3.63) is 17.0 Å². The first-order valence-electron chi connectivity index (χ1n) is 5.86. The van der Waals surface area contributed by atoms with Crippen LogP contribution in [0.15, 0.2) is 0 Å². The molecular formula is C11H15F2N3. The molecule has 88 valence electrons. The lowest BCUT2D eigenvalue weighted by molar-refractivity contribution is -0.0200. The van der Waals surface area contributed by atoms with Crippen LogP contribution < -0.4 is 5.32 Å². The molecule has 0 unspecified atom stereocenters. The van der Waals surface area contributed by atoms with Gasteiger partial charge in [0.15, 0.2) is 0 Å². The first-order chi connectivity index (χ1) is 7.68. The van der Waals surface area contributed by atoms with Crippen LogP contribution in [0.3, 0.4) is 0 Å². The van der Waals surface area contributed by atoms with Crippen molar-refractivity contribution in [1.29, 1.82) is 0 Å². The molecule has 0 bridgehead atoms. The number of rotatable bonds is 0.